The number of halogens is 1. The second-order valence-electron chi connectivity index (χ2n) is 2.83. The van der Waals surface area contributed by atoms with Crippen LogP contribution in [0.3, 0.4) is 0 Å². The molecule has 0 amide bonds. The van der Waals surface area contributed by atoms with Crippen LogP contribution in [0, 0.1) is 10.1 Å². The molecule has 1 aromatic rings. The van der Waals surface area contributed by atoms with Crippen molar-refractivity contribution in [2.45, 2.75) is 13.0 Å². The highest BCUT2D eigenvalue weighted by Crippen LogP contribution is 2.18. The first-order valence-corrected chi connectivity index (χ1v) is 4.10. The van der Waals surface area contributed by atoms with Crippen LogP contribution in [0.1, 0.15) is 6.92 Å². The van der Waals surface area contributed by atoms with E-state index in [-0.39, 0.29) is 5.69 Å². The molecule has 0 N–H and O–H groups in total. The second-order valence-corrected chi connectivity index (χ2v) is 2.83. The maximum Gasteiger partial charge on any atom is 0.269 e. The van der Waals surface area contributed by atoms with Gasteiger partial charge in [-0.15, -0.1) is 0 Å². The molecule has 0 aliphatic heterocycles. The molecular formula is C9H10FNO3. The summed E-state index contributed by atoms with van der Waals surface area (Å²) in [6.45, 7) is 0.998. The third-order valence-electron chi connectivity index (χ3n) is 1.60. The van der Waals surface area contributed by atoms with Gasteiger partial charge in [-0.1, -0.05) is 0 Å². The summed E-state index contributed by atoms with van der Waals surface area (Å²) < 4.78 is 17.1. The van der Waals surface area contributed by atoms with E-state index in [2.05, 4.69) is 0 Å². The van der Waals surface area contributed by atoms with E-state index in [4.69, 9.17) is 4.74 Å². The Morgan fingerprint density at radius 1 is 1.50 bits per heavy atom. The number of nitro groups is 1. The van der Waals surface area contributed by atoms with Gasteiger partial charge in [-0.25, -0.2) is 4.39 Å². The van der Waals surface area contributed by atoms with Crippen LogP contribution in [-0.2, 0) is 0 Å². The van der Waals surface area contributed by atoms with Crippen molar-refractivity contribution in [1.82, 2.24) is 0 Å². The van der Waals surface area contributed by atoms with Gasteiger partial charge in [0.1, 0.15) is 18.5 Å². The average molecular weight is 199 g/mol. The van der Waals surface area contributed by atoms with Crippen LogP contribution in [0.4, 0.5) is 10.1 Å². The Balaban J connectivity index is 2.68. The Kier molecular flexibility index (Phi) is 3.39. The van der Waals surface area contributed by atoms with Gasteiger partial charge in [-0.05, 0) is 19.1 Å². The Morgan fingerprint density at radius 2 is 2.07 bits per heavy atom. The van der Waals surface area contributed by atoms with E-state index < -0.39 is 17.7 Å². The van der Waals surface area contributed by atoms with Crippen molar-refractivity contribution < 1.29 is 14.1 Å². The van der Waals surface area contributed by atoms with Crippen LogP contribution in [0.15, 0.2) is 24.3 Å². The second kappa shape index (κ2) is 4.55. The fourth-order valence-electron chi connectivity index (χ4n) is 0.910. The van der Waals surface area contributed by atoms with Gasteiger partial charge in [-0.3, -0.25) is 10.1 Å². The lowest BCUT2D eigenvalue weighted by Crippen LogP contribution is -2.13. The summed E-state index contributed by atoms with van der Waals surface area (Å²) >= 11 is 0. The first-order chi connectivity index (χ1) is 6.63. The fraction of sp³-hybridized carbons (Fsp3) is 0.333. The van der Waals surface area contributed by atoms with E-state index in [0.717, 1.165) is 0 Å². The lowest BCUT2D eigenvalue weighted by molar-refractivity contribution is -0.384. The molecule has 0 spiro atoms. The summed E-state index contributed by atoms with van der Waals surface area (Å²) in [4.78, 5) is 9.80. The Morgan fingerprint density at radius 3 is 2.50 bits per heavy atom. The number of nitro benzene ring substituents is 1. The molecular weight excluding hydrogens is 189 g/mol. The summed E-state index contributed by atoms with van der Waals surface area (Å²) in [5.41, 5.74) is -0.00903. The van der Waals surface area contributed by atoms with Gasteiger partial charge >= 0.3 is 0 Å². The van der Waals surface area contributed by atoms with Crippen molar-refractivity contribution in [3.8, 4) is 5.75 Å². The van der Waals surface area contributed by atoms with Crippen molar-refractivity contribution in [3.63, 3.8) is 0 Å². The van der Waals surface area contributed by atoms with Gasteiger partial charge in [-0.2, -0.15) is 0 Å². The average Bonchev–Trinajstić information content (AvgIpc) is 2.18. The third kappa shape index (κ3) is 2.69. The molecule has 0 bridgehead atoms. The maximum absolute atomic E-state index is 12.0. The van der Waals surface area contributed by atoms with Gasteiger partial charge in [0, 0.05) is 12.1 Å². The summed E-state index contributed by atoms with van der Waals surface area (Å²) in [5, 5.41) is 10.3. The minimum absolute atomic E-state index is 0.00903. The zero-order valence-corrected chi connectivity index (χ0v) is 7.64. The summed E-state index contributed by atoms with van der Waals surface area (Å²) in [6, 6.07) is 5.54. The number of hydrogen-bond acceptors (Lipinski definition) is 3. The van der Waals surface area contributed by atoms with Gasteiger partial charge in [0.05, 0.1) is 4.92 Å². The normalized spacial score (nSPS) is 12.1. The lowest BCUT2D eigenvalue weighted by Gasteiger charge is -2.09. The molecule has 0 aromatic heterocycles. The molecule has 4 nitrogen and oxygen atoms in total. The molecule has 1 atom stereocenters. The van der Waals surface area contributed by atoms with Crippen LogP contribution in [0.25, 0.3) is 0 Å². The molecule has 0 fully saturated rings. The molecule has 1 unspecified atom stereocenters. The van der Waals surface area contributed by atoms with Crippen molar-refractivity contribution in [3.05, 3.63) is 34.4 Å². The fourth-order valence-corrected chi connectivity index (χ4v) is 0.910. The van der Waals surface area contributed by atoms with Crippen LogP contribution < -0.4 is 4.74 Å². The number of alkyl halides is 1. The Hall–Kier alpha value is -1.65. The van der Waals surface area contributed by atoms with E-state index in [1.807, 2.05) is 0 Å². The predicted octanol–water partition coefficient (Wildman–Crippen LogP) is 2.33. The van der Waals surface area contributed by atoms with E-state index in [9.17, 15) is 14.5 Å². The van der Waals surface area contributed by atoms with Crippen LogP contribution >= 0.6 is 0 Å². The highest BCUT2D eigenvalue weighted by atomic mass is 19.1. The van der Waals surface area contributed by atoms with Crippen molar-refractivity contribution >= 4 is 5.69 Å². The van der Waals surface area contributed by atoms with E-state index >= 15 is 0 Å². The highest BCUT2D eigenvalue weighted by Gasteiger charge is 2.06. The Labute approximate surface area is 80.5 Å². The van der Waals surface area contributed by atoms with Crippen molar-refractivity contribution in [1.29, 1.82) is 0 Å². The molecule has 1 aromatic carbocycles. The topological polar surface area (TPSA) is 52.4 Å². The minimum Gasteiger partial charge on any atom is -0.488 e. The highest BCUT2D eigenvalue weighted by molar-refractivity contribution is 5.36. The number of ether oxygens (including phenoxy) is 1. The maximum atomic E-state index is 12.0. The van der Waals surface area contributed by atoms with Crippen LogP contribution in [-0.4, -0.2) is 17.7 Å². The molecule has 5 heteroatoms. The largest absolute Gasteiger partial charge is 0.488 e. The summed E-state index contributed by atoms with van der Waals surface area (Å²) in [6.07, 6.45) is -0.531. The summed E-state index contributed by atoms with van der Waals surface area (Å²) in [5.74, 6) is 0.431. The molecule has 0 radical (unpaired) electrons. The number of nitrogens with zero attached hydrogens (tertiary/aromatic N) is 1. The van der Waals surface area contributed by atoms with Crippen LogP contribution in [0.5, 0.6) is 5.75 Å². The first kappa shape index (κ1) is 10.4. The third-order valence-corrected chi connectivity index (χ3v) is 1.60. The molecule has 0 aliphatic carbocycles. The zero-order chi connectivity index (χ0) is 10.6. The Bertz CT molecular complexity index is 312. The summed E-state index contributed by atoms with van der Waals surface area (Å²) in [7, 11) is 0. The zero-order valence-electron chi connectivity index (χ0n) is 7.64. The smallest absolute Gasteiger partial charge is 0.269 e. The minimum atomic E-state index is -0.586. The molecule has 0 aliphatic rings. The number of non-ortho nitro benzene ring substituents is 1. The molecule has 14 heavy (non-hydrogen) atoms. The monoisotopic (exact) mass is 199 g/mol. The predicted molar refractivity (Wildman–Crippen MR) is 49.2 cm³/mol. The number of rotatable bonds is 4. The van der Waals surface area contributed by atoms with Crippen molar-refractivity contribution in [2.75, 3.05) is 6.67 Å². The van der Waals surface area contributed by atoms with Crippen molar-refractivity contribution in [2.24, 2.45) is 0 Å². The van der Waals surface area contributed by atoms with Crippen LogP contribution in [0.2, 0.25) is 0 Å². The van der Waals surface area contributed by atoms with E-state index in [1.165, 1.54) is 24.3 Å². The molecule has 76 valence electrons. The van der Waals surface area contributed by atoms with Gasteiger partial charge in [0.2, 0.25) is 0 Å². The standard InChI is InChI=1S/C9H10FNO3/c1-7(6-10)14-9-4-2-8(3-5-9)11(12)13/h2-5,7H,6H2,1H3. The molecule has 0 saturated heterocycles. The SMILES string of the molecule is CC(CF)Oc1ccc([N+](=O)[O-])cc1. The quantitative estimate of drug-likeness (QED) is 0.552. The first-order valence-electron chi connectivity index (χ1n) is 4.10. The van der Waals surface area contributed by atoms with E-state index in [1.54, 1.807) is 6.92 Å². The number of benzene rings is 1. The number of hydrogen-bond donors (Lipinski definition) is 0. The van der Waals surface area contributed by atoms with Gasteiger partial charge < -0.3 is 4.74 Å². The molecule has 1 rings (SSSR count). The lowest BCUT2D eigenvalue weighted by atomic mass is 10.3. The molecule has 0 heterocycles. The molecule has 0 saturated carbocycles. The van der Waals surface area contributed by atoms with E-state index in [0.29, 0.717) is 5.75 Å². The van der Waals surface area contributed by atoms with Gasteiger partial charge in [0.25, 0.3) is 5.69 Å². The van der Waals surface area contributed by atoms with Gasteiger partial charge in [0.15, 0.2) is 0 Å².